The third-order valence-corrected chi connectivity index (χ3v) is 3.75. The highest BCUT2D eigenvalue weighted by Crippen LogP contribution is 2.46. The number of hydrogen-bond donors (Lipinski definition) is 1. The summed E-state index contributed by atoms with van der Waals surface area (Å²) < 4.78 is 38.3. The predicted molar refractivity (Wildman–Crippen MR) is 55.0 cm³/mol. The summed E-state index contributed by atoms with van der Waals surface area (Å²) in [6.45, 7) is 0.118. The molecule has 1 heterocycles. The van der Waals surface area contributed by atoms with Crippen molar-refractivity contribution in [1.29, 1.82) is 0 Å². The molecule has 0 bridgehead atoms. The molecule has 0 spiro atoms. The van der Waals surface area contributed by atoms with Gasteiger partial charge in [0, 0.05) is 16.6 Å². The SMILES string of the molecule is NOCC1CSc2cccc(C(F)(F)F)c21. The Hall–Kier alpha value is -0.720. The van der Waals surface area contributed by atoms with Crippen molar-refractivity contribution >= 4 is 11.8 Å². The third-order valence-electron chi connectivity index (χ3n) is 2.52. The first kappa shape index (κ1) is 11.8. The van der Waals surface area contributed by atoms with Gasteiger partial charge in [0.15, 0.2) is 0 Å². The zero-order chi connectivity index (χ0) is 11.8. The Morgan fingerprint density at radius 1 is 1.44 bits per heavy atom. The zero-order valence-corrected chi connectivity index (χ0v) is 9.07. The van der Waals surface area contributed by atoms with Crippen LogP contribution in [0.15, 0.2) is 23.1 Å². The number of thioether (sulfide) groups is 1. The maximum atomic E-state index is 12.8. The summed E-state index contributed by atoms with van der Waals surface area (Å²) >= 11 is 1.41. The Bertz CT molecular complexity index is 392. The van der Waals surface area contributed by atoms with Crippen molar-refractivity contribution in [1.82, 2.24) is 0 Å². The van der Waals surface area contributed by atoms with Gasteiger partial charge in [0.2, 0.25) is 0 Å². The van der Waals surface area contributed by atoms with Crippen LogP contribution in [0.25, 0.3) is 0 Å². The van der Waals surface area contributed by atoms with Crippen LogP contribution in [-0.4, -0.2) is 12.4 Å². The average molecular weight is 249 g/mol. The lowest BCUT2D eigenvalue weighted by Crippen LogP contribution is -2.16. The molecular formula is C10H10F3NOS. The van der Waals surface area contributed by atoms with Crippen molar-refractivity contribution < 1.29 is 18.0 Å². The van der Waals surface area contributed by atoms with Crippen LogP contribution in [-0.2, 0) is 11.0 Å². The van der Waals surface area contributed by atoms with Crippen LogP contribution < -0.4 is 5.90 Å². The number of hydrogen-bond acceptors (Lipinski definition) is 3. The van der Waals surface area contributed by atoms with Crippen LogP contribution >= 0.6 is 11.8 Å². The van der Waals surface area contributed by atoms with Crippen LogP contribution in [0.2, 0.25) is 0 Å². The number of halogens is 3. The Kier molecular flexibility index (Phi) is 3.14. The second-order valence-electron chi connectivity index (χ2n) is 3.56. The molecule has 0 aliphatic carbocycles. The fourth-order valence-electron chi connectivity index (χ4n) is 1.86. The van der Waals surface area contributed by atoms with Gasteiger partial charge in [0.25, 0.3) is 0 Å². The molecule has 2 rings (SSSR count). The average Bonchev–Trinajstić information content (AvgIpc) is 2.61. The summed E-state index contributed by atoms with van der Waals surface area (Å²) in [7, 11) is 0. The van der Waals surface area contributed by atoms with Gasteiger partial charge in [0.1, 0.15) is 0 Å². The zero-order valence-electron chi connectivity index (χ0n) is 8.25. The summed E-state index contributed by atoms with van der Waals surface area (Å²) in [6.07, 6.45) is -4.32. The molecule has 1 aliphatic heterocycles. The van der Waals surface area contributed by atoms with Gasteiger partial charge in [-0.2, -0.15) is 13.2 Å². The monoisotopic (exact) mass is 249 g/mol. The second kappa shape index (κ2) is 4.27. The number of fused-ring (bicyclic) bond motifs is 1. The lowest BCUT2D eigenvalue weighted by molar-refractivity contribution is -0.138. The van der Waals surface area contributed by atoms with Gasteiger partial charge in [-0.15, -0.1) is 11.8 Å². The summed E-state index contributed by atoms with van der Waals surface area (Å²) in [5, 5.41) is 0. The molecule has 0 saturated carbocycles. The number of nitrogens with two attached hydrogens (primary N) is 1. The van der Waals surface area contributed by atoms with Crippen LogP contribution in [0.3, 0.4) is 0 Å². The van der Waals surface area contributed by atoms with Crippen LogP contribution in [0.1, 0.15) is 17.0 Å². The number of benzene rings is 1. The topological polar surface area (TPSA) is 35.2 Å². The van der Waals surface area contributed by atoms with Crippen molar-refractivity contribution in [3.05, 3.63) is 29.3 Å². The van der Waals surface area contributed by atoms with Gasteiger partial charge in [-0.3, -0.25) is 0 Å². The maximum Gasteiger partial charge on any atom is 0.416 e. The summed E-state index contributed by atoms with van der Waals surface area (Å²) in [4.78, 5) is 5.15. The van der Waals surface area contributed by atoms with E-state index < -0.39 is 11.7 Å². The highest BCUT2D eigenvalue weighted by atomic mass is 32.2. The summed E-state index contributed by atoms with van der Waals surface area (Å²) in [5.41, 5.74) is -0.248. The third kappa shape index (κ3) is 2.05. The van der Waals surface area contributed by atoms with E-state index >= 15 is 0 Å². The lowest BCUT2D eigenvalue weighted by atomic mass is 9.96. The Labute approximate surface area is 94.9 Å². The van der Waals surface area contributed by atoms with Crippen molar-refractivity contribution in [2.24, 2.45) is 5.90 Å². The molecule has 1 atom stereocenters. The molecule has 2 nitrogen and oxygen atoms in total. The van der Waals surface area contributed by atoms with E-state index in [1.165, 1.54) is 17.8 Å². The van der Waals surface area contributed by atoms with E-state index in [4.69, 9.17) is 5.90 Å². The first-order valence-corrected chi connectivity index (χ1v) is 5.67. The van der Waals surface area contributed by atoms with Gasteiger partial charge < -0.3 is 4.84 Å². The van der Waals surface area contributed by atoms with E-state index in [0.717, 1.165) is 6.07 Å². The molecule has 1 aliphatic rings. The van der Waals surface area contributed by atoms with Gasteiger partial charge in [-0.05, 0) is 17.7 Å². The maximum absolute atomic E-state index is 12.8. The first-order valence-electron chi connectivity index (χ1n) is 4.68. The van der Waals surface area contributed by atoms with Crippen LogP contribution in [0, 0.1) is 0 Å². The van der Waals surface area contributed by atoms with Crippen molar-refractivity contribution in [3.63, 3.8) is 0 Å². The largest absolute Gasteiger partial charge is 0.416 e. The molecule has 1 unspecified atom stereocenters. The molecule has 0 amide bonds. The molecule has 0 saturated heterocycles. The molecule has 2 N–H and O–H groups in total. The van der Waals surface area contributed by atoms with E-state index in [0.29, 0.717) is 16.2 Å². The van der Waals surface area contributed by atoms with Crippen LogP contribution in [0.4, 0.5) is 13.2 Å². The molecular weight excluding hydrogens is 239 g/mol. The van der Waals surface area contributed by atoms with E-state index in [-0.39, 0.29) is 12.5 Å². The Morgan fingerprint density at radius 3 is 2.81 bits per heavy atom. The smallest absolute Gasteiger partial charge is 0.304 e. The molecule has 0 radical (unpaired) electrons. The van der Waals surface area contributed by atoms with Crippen molar-refractivity contribution in [2.75, 3.05) is 12.4 Å². The molecule has 6 heteroatoms. The Morgan fingerprint density at radius 2 is 2.19 bits per heavy atom. The van der Waals surface area contributed by atoms with Crippen molar-refractivity contribution in [2.45, 2.75) is 17.0 Å². The quantitative estimate of drug-likeness (QED) is 0.818. The number of rotatable bonds is 2. The molecule has 88 valence electrons. The van der Waals surface area contributed by atoms with Gasteiger partial charge in [-0.1, -0.05) is 6.07 Å². The first-order chi connectivity index (χ1) is 7.54. The minimum atomic E-state index is -4.32. The lowest BCUT2D eigenvalue weighted by Gasteiger charge is -2.16. The Balaban J connectivity index is 2.45. The van der Waals surface area contributed by atoms with E-state index in [9.17, 15) is 13.2 Å². The summed E-state index contributed by atoms with van der Waals surface area (Å²) in [5.74, 6) is 5.24. The van der Waals surface area contributed by atoms with Crippen molar-refractivity contribution in [3.8, 4) is 0 Å². The van der Waals surface area contributed by atoms with Gasteiger partial charge >= 0.3 is 6.18 Å². The standard InChI is InChI=1S/C10H10F3NOS/c11-10(12,13)7-2-1-3-8-9(7)6(4-15-14)5-16-8/h1-3,6H,4-5,14H2. The molecule has 16 heavy (non-hydrogen) atoms. The molecule has 1 aromatic carbocycles. The minimum Gasteiger partial charge on any atom is -0.304 e. The van der Waals surface area contributed by atoms with Gasteiger partial charge in [0.05, 0.1) is 12.2 Å². The minimum absolute atomic E-state index is 0.118. The van der Waals surface area contributed by atoms with Crippen LogP contribution in [0.5, 0.6) is 0 Å². The normalized spacial score (nSPS) is 19.9. The van der Waals surface area contributed by atoms with E-state index in [2.05, 4.69) is 4.84 Å². The van der Waals surface area contributed by atoms with Gasteiger partial charge in [-0.25, -0.2) is 5.90 Å². The molecule has 0 fully saturated rings. The molecule has 0 aromatic heterocycles. The van der Waals surface area contributed by atoms with E-state index in [1.807, 2.05) is 0 Å². The highest BCUT2D eigenvalue weighted by Gasteiger charge is 2.38. The fourth-order valence-corrected chi connectivity index (χ4v) is 3.11. The molecule has 1 aromatic rings. The van der Waals surface area contributed by atoms with E-state index in [1.54, 1.807) is 6.07 Å². The fraction of sp³-hybridized carbons (Fsp3) is 0.400. The number of alkyl halides is 3. The highest BCUT2D eigenvalue weighted by molar-refractivity contribution is 7.99. The summed E-state index contributed by atoms with van der Waals surface area (Å²) in [6, 6.07) is 4.24. The predicted octanol–water partition coefficient (Wildman–Crippen LogP) is 2.79. The second-order valence-corrected chi connectivity index (χ2v) is 4.62.